The predicted molar refractivity (Wildman–Crippen MR) is 75.2 cm³/mol. The first-order chi connectivity index (χ1) is 8.38. The van der Waals surface area contributed by atoms with E-state index in [2.05, 4.69) is 63.9 Å². The Kier molecular flexibility index (Phi) is 3.79. The zero-order valence-corrected chi connectivity index (χ0v) is 12.2. The summed E-state index contributed by atoms with van der Waals surface area (Å²) in [6, 6.07) is 9.09. The molecule has 2 unspecified atom stereocenters. The Bertz CT molecular complexity index is 408. The summed E-state index contributed by atoms with van der Waals surface area (Å²) >= 11 is 0. The molecule has 0 saturated carbocycles. The minimum absolute atomic E-state index is 0.231. The average molecular weight is 247 g/mol. The lowest BCUT2D eigenvalue weighted by Crippen LogP contribution is -2.39. The van der Waals surface area contributed by atoms with Gasteiger partial charge in [0.1, 0.15) is 6.10 Å². The van der Waals surface area contributed by atoms with Crippen molar-refractivity contribution >= 4 is 0 Å². The fraction of sp³-hybridized carbons (Fsp3) is 0.625. The third kappa shape index (κ3) is 2.93. The molecule has 1 fully saturated rings. The van der Waals surface area contributed by atoms with Crippen LogP contribution in [0.5, 0.6) is 0 Å². The van der Waals surface area contributed by atoms with Crippen LogP contribution in [-0.2, 0) is 4.84 Å². The largest absolute Gasteiger partial charge is 0.291 e. The van der Waals surface area contributed by atoms with Crippen LogP contribution in [0.3, 0.4) is 0 Å². The lowest BCUT2D eigenvalue weighted by Gasteiger charge is -2.34. The number of benzene rings is 1. The molecule has 1 saturated heterocycles. The molecule has 2 heteroatoms. The molecule has 1 heterocycles. The van der Waals surface area contributed by atoms with Gasteiger partial charge < -0.3 is 0 Å². The third-order valence-corrected chi connectivity index (χ3v) is 3.97. The maximum absolute atomic E-state index is 6.12. The second kappa shape index (κ2) is 5.02. The van der Waals surface area contributed by atoms with Gasteiger partial charge in [0.25, 0.3) is 0 Å². The normalized spacial score (nSPS) is 23.3. The van der Waals surface area contributed by atoms with Gasteiger partial charge in [-0.25, -0.2) is 0 Å². The molecule has 100 valence electrons. The SMILES string of the molecule is Cc1cccc(C2CCN(C(C)C(C)(C)C)O2)c1. The molecule has 2 rings (SSSR count). The minimum atomic E-state index is 0.231. The van der Waals surface area contributed by atoms with E-state index in [0.29, 0.717) is 6.04 Å². The molecule has 1 aliphatic rings. The molecular formula is C16H25NO. The number of rotatable bonds is 2. The first-order valence-corrected chi connectivity index (χ1v) is 6.88. The van der Waals surface area contributed by atoms with Crippen LogP contribution >= 0.6 is 0 Å². The number of hydrogen-bond acceptors (Lipinski definition) is 2. The van der Waals surface area contributed by atoms with Crippen molar-refractivity contribution in [1.29, 1.82) is 0 Å². The highest BCUT2D eigenvalue weighted by Gasteiger charge is 2.33. The Morgan fingerprint density at radius 3 is 2.67 bits per heavy atom. The van der Waals surface area contributed by atoms with Gasteiger partial charge in [0.15, 0.2) is 0 Å². The van der Waals surface area contributed by atoms with Gasteiger partial charge in [-0.1, -0.05) is 50.6 Å². The summed E-state index contributed by atoms with van der Waals surface area (Å²) in [5, 5.41) is 2.16. The minimum Gasteiger partial charge on any atom is -0.291 e. The quantitative estimate of drug-likeness (QED) is 0.780. The zero-order valence-electron chi connectivity index (χ0n) is 12.2. The van der Waals surface area contributed by atoms with Crippen LogP contribution in [0.2, 0.25) is 0 Å². The van der Waals surface area contributed by atoms with Crippen molar-refractivity contribution in [1.82, 2.24) is 5.06 Å². The van der Waals surface area contributed by atoms with Crippen molar-refractivity contribution in [2.45, 2.75) is 53.2 Å². The molecule has 0 N–H and O–H groups in total. The Balaban J connectivity index is 2.05. The lowest BCUT2D eigenvalue weighted by molar-refractivity contribution is -0.189. The number of nitrogens with zero attached hydrogens (tertiary/aromatic N) is 1. The Labute approximate surface area is 111 Å². The maximum Gasteiger partial charge on any atom is 0.106 e. The maximum atomic E-state index is 6.12. The standard InChI is InChI=1S/C16H25NO/c1-12-7-6-8-14(11-12)15-9-10-17(18-15)13(2)16(3,4)5/h6-8,11,13,15H,9-10H2,1-5H3. The van der Waals surface area contributed by atoms with Crippen LogP contribution in [0.4, 0.5) is 0 Å². The molecular weight excluding hydrogens is 222 g/mol. The molecule has 0 aromatic heterocycles. The van der Waals surface area contributed by atoms with Crippen LogP contribution in [0.15, 0.2) is 24.3 Å². The highest BCUT2D eigenvalue weighted by molar-refractivity contribution is 5.24. The molecule has 0 bridgehead atoms. The summed E-state index contributed by atoms with van der Waals surface area (Å²) in [6.45, 7) is 12.2. The number of hydroxylamine groups is 2. The van der Waals surface area contributed by atoms with E-state index in [1.165, 1.54) is 11.1 Å². The lowest BCUT2D eigenvalue weighted by atomic mass is 9.88. The van der Waals surface area contributed by atoms with Gasteiger partial charge in [-0.2, -0.15) is 5.06 Å². The van der Waals surface area contributed by atoms with Gasteiger partial charge >= 0.3 is 0 Å². The topological polar surface area (TPSA) is 12.5 Å². The highest BCUT2D eigenvalue weighted by Crippen LogP contribution is 2.34. The van der Waals surface area contributed by atoms with Crippen LogP contribution in [0, 0.1) is 12.3 Å². The van der Waals surface area contributed by atoms with Crippen LogP contribution in [0.1, 0.15) is 51.3 Å². The second-order valence-electron chi connectivity index (χ2n) is 6.48. The fourth-order valence-electron chi connectivity index (χ4n) is 2.33. The van der Waals surface area contributed by atoms with Crippen molar-refractivity contribution in [2.75, 3.05) is 6.54 Å². The predicted octanol–water partition coefficient (Wildman–Crippen LogP) is 4.11. The van der Waals surface area contributed by atoms with E-state index in [-0.39, 0.29) is 11.5 Å². The first kappa shape index (κ1) is 13.6. The molecule has 0 amide bonds. The summed E-state index contributed by atoms with van der Waals surface area (Å²) in [7, 11) is 0. The van der Waals surface area contributed by atoms with Gasteiger partial charge in [0.2, 0.25) is 0 Å². The Morgan fingerprint density at radius 2 is 2.06 bits per heavy atom. The van der Waals surface area contributed by atoms with E-state index in [1.807, 2.05) is 0 Å². The summed E-state index contributed by atoms with van der Waals surface area (Å²) in [5.74, 6) is 0. The summed E-state index contributed by atoms with van der Waals surface area (Å²) < 4.78 is 0. The molecule has 0 spiro atoms. The molecule has 0 aliphatic carbocycles. The van der Waals surface area contributed by atoms with Crippen molar-refractivity contribution in [3.8, 4) is 0 Å². The molecule has 2 atom stereocenters. The third-order valence-electron chi connectivity index (χ3n) is 3.97. The second-order valence-corrected chi connectivity index (χ2v) is 6.48. The summed E-state index contributed by atoms with van der Waals surface area (Å²) in [4.78, 5) is 6.12. The van der Waals surface area contributed by atoms with Crippen molar-refractivity contribution < 1.29 is 4.84 Å². The van der Waals surface area contributed by atoms with E-state index in [1.54, 1.807) is 0 Å². The van der Waals surface area contributed by atoms with E-state index in [9.17, 15) is 0 Å². The van der Waals surface area contributed by atoms with Gasteiger partial charge in [0, 0.05) is 12.6 Å². The van der Waals surface area contributed by atoms with Crippen LogP contribution in [-0.4, -0.2) is 17.6 Å². The van der Waals surface area contributed by atoms with E-state index in [0.717, 1.165) is 13.0 Å². The Morgan fingerprint density at radius 1 is 1.33 bits per heavy atom. The summed E-state index contributed by atoms with van der Waals surface area (Å²) in [6.07, 6.45) is 1.32. The Hall–Kier alpha value is -0.860. The number of aryl methyl sites for hydroxylation is 1. The van der Waals surface area contributed by atoms with Crippen LogP contribution in [0.25, 0.3) is 0 Å². The van der Waals surface area contributed by atoms with E-state index < -0.39 is 0 Å². The highest BCUT2D eigenvalue weighted by atomic mass is 16.7. The fourth-order valence-corrected chi connectivity index (χ4v) is 2.33. The van der Waals surface area contributed by atoms with E-state index >= 15 is 0 Å². The van der Waals surface area contributed by atoms with E-state index in [4.69, 9.17) is 4.84 Å². The van der Waals surface area contributed by atoms with Crippen molar-refractivity contribution in [3.05, 3.63) is 35.4 Å². The average Bonchev–Trinajstić information content (AvgIpc) is 2.75. The van der Waals surface area contributed by atoms with Crippen LogP contribution < -0.4 is 0 Å². The molecule has 1 aromatic rings. The molecule has 18 heavy (non-hydrogen) atoms. The monoisotopic (exact) mass is 247 g/mol. The van der Waals surface area contributed by atoms with Gasteiger partial charge in [-0.3, -0.25) is 4.84 Å². The zero-order chi connectivity index (χ0) is 13.3. The summed E-state index contributed by atoms with van der Waals surface area (Å²) in [5.41, 5.74) is 2.86. The first-order valence-electron chi connectivity index (χ1n) is 6.88. The van der Waals surface area contributed by atoms with Crippen molar-refractivity contribution in [3.63, 3.8) is 0 Å². The molecule has 1 aromatic carbocycles. The van der Waals surface area contributed by atoms with Gasteiger partial charge in [-0.05, 0) is 31.2 Å². The smallest absolute Gasteiger partial charge is 0.106 e. The molecule has 1 aliphatic heterocycles. The number of hydrogen-bond donors (Lipinski definition) is 0. The van der Waals surface area contributed by atoms with Gasteiger partial charge in [-0.15, -0.1) is 0 Å². The molecule has 2 nitrogen and oxygen atoms in total. The molecule has 0 radical (unpaired) electrons. The van der Waals surface area contributed by atoms with Crippen molar-refractivity contribution in [2.24, 2.45) is 5.41 Å². The van der Waals surface area contributed by atoms with Gasteiger partial charge in [0.05, 0.1) is 0 Å².